The van der Waals surface area contributed by atoms with Gasteiger partial charge < -0.3 is 5.11 Å². The van der Waals surface area contributed by atoms with Crippen LogP contribution in [0.4, 0.5) is 18.9 Å². The lowest BCUT2D eigenvalue weighted by molar-refractivity contribution is -0.138. The van der Waals surface area contributed by atoms with E-state index in [1.807, 2.05) is 4.72 Å². The SMILES string of the molecule is O=C(O)CCS(=O)(=O)Nc1cc(C(F)(F)F)ccc1Br. The first-order valence-electron chi connectivity index (χ1n) is 5.10. The number of halogens is 4. The molecule has 1 aromatic rings. The summed E-state index contributed by atoms with van der Waals surface area (Å²) in [5.41, 5.74) is -1.32. The Kier molecular flexibility index (Phi) is 5.03. The molecule has 112 valence electrons. The van der Waals surface area contributed by atoms with Crippen LogP contribution in [-0.4, -0.2) is 25.2 Å². The van der Waals surface area contributed by atoms with Crippen molar-refractivity contribution in [2.24, 2.45) is 0 Å². The Bertz CT molecular complexity index is 615. The topological polar surface area (TPSA) is 83.5 Å². The summed E-state index contributed by atoms with van der Waals surface area (Å²) in [5.74, 6) is -2.05. The van der Waals surface area contributed by atoms with E-state index in [9.17, 15) is 26.4 Å². The van der Waals surface area contributed by atoms with E-state index in [4.69, 9.17) is 5.11 Å². The normalized spacial score (nSPS) is 12.2. The molecule has 0 radical (unpaired) electrons. The summed E-state index contributed by atoms with van der Waals surface area (Å²) < 4.78 is 62.7. The predicted molar refractivity (Wildman–Crippen MR) is 68.8 cm³/mol. The predicted octanol–water partition coefficient (Wildman–Crippen LogP) is 2.68. The van der Waals surface area contributed by atoms with Gasteiger partial charge in [-0.1, -0.05) is 0 Å². The van der Waals surface area contributed by atoms with E-state index in [0.29, 0.717) is 6.07 Å². The summed E-state index contributed by atoms with van der Waals surface area (Å²) in [7, 11) is -4.04. The summed E-state index contributed by atoms with van der Waals surface area (Å²) in [4.78, 5) is 10.3. The lowest BCUT2D eigenvalue weighted by atomic mass is 10.2. The van der Waals surface area contributed by atoms with Crippen LogP contribution in [0.25, 0.3) is 0 Å². The van der Waals surface area contributed by atoms with Gasteiger partial charge in [0.1, 0.15) is 0 Å². The third-order valence-corrected chi connectivity index (χ3v) is 4.11. The fraction of sp³-hybridized carbons (Fsp3) is 0.300. The third-order valence-electron chi connectivity index (χ3n) is 2.14. The van der Waals surface area contributed by atoms with Crippen LogP contribution in [0, 0.1) is 0 Å². The number of carbonyl (C=O) groups is 1. The van der Waals surface area contributed by atoms with Gasteiger partial charge in [0.15, 0.2) is 0 Å². The van der Waals surface area contributed by atoms with Gasteiger partial charge in [0.2, 0.25) is 10.0 Å². The molecule has 0 aliphatic carbocycles. The van der Waals surface area contributed by atoms with Crippen molar-refractivity contribution < 1.29 is 31.5 Å². The van der Waals surface area contributed by atoms with Crippen molar-refractivity contribution >= 4 is 37.6 Å². The number of alkyl halides is 3. The minimum atomic E-state index is -4.61. The van der Waals surface area contributed by atoms with Crippen LogP contribution < -0.4 is 4.72 Å². The van der Waals surface area contributed by atoms with E-state index in [1.54, 1.807) is 0 Å². The molecule has 1 rings (SSSR count). The Hall–Kier alpha value is -1.29. The maximum atomic E-state index is 12.5. The lowest BCUT2D eigenvalue weighted by Crippen LogP contribution is -2.19. The molecule has 10 heteroatoms. The number of benzene rings is 1. The van der Waals surface area contributed by atoms with E-state index in [2.05, 4.69) is 15.9 Å². The molecule has 0 unspecified atom stereocenters. The number of rotatable bonds is 5. The summed E-state index contributed by atoms with van der Waals surface area (Å²) in [6.07, 6.45) is -5.26. The molecule has 0 amide bonds. The number of nitrogens with one attached hydrogen (secondary N) is 1. The zero-order valence-electron chi connectivity index (χ0n) is 9.74. The van der Waals surface area contributed by atoms with Gasteiger partial charge in [0.25, 0.3) is 0 Å². The van der Waals surface area contributed by atoms with Crippen molar-refractivity contribution in [2.45, 2.75) is 12.6 Å². The maximum absolute atomic E-state index is 12.5. The van der Waals surface area contributed by atoms with Crippen LogP contribution in [0.5, 0.6) is 0 Å². The Balaban J connectivity index is 3.00. The van der Waals surface area contributed by atoms with Crippen molar-refractivity contribution in [3.05, 3.63) is 28.2 Å². The van der Waals surface area contributed by atoms with Crippen LogP contribution in [0.15, 0.2) is 22.7 Å². The van der Waals surface area contributed by atoms with Crippen molar-refractivity contribution in [1.29, 1.82) is 0 Å². The van der Waals surface area contributed by atoms with Gasteiger partial charge >= 0.3 is 12.1 Å². The molecule has 1 aromatic carbocycles. The van der Waals surface area contributed by atoms with Gasteiger partial charge in [0, 0.05) is 4.47 Å². The van der Waals surface area contributed by atoms with Gasteiger partial charge in [-0.05, 0) is 34.1 Å². The van der Waals surface area contributed by atoms with Gasteiger partial charge in [-0.15, -0.1) is 0 Å². The molecular formula is C10H9BrF3NO4S. The Morgan fingerprint density at radius 2 is 1.95 bits per heavy atom. The molecule has 0 atom stereocenters. The van der Waals surface area contributed by atoms with Gasteiger partial charge in [-0.2, -0.15) is 13.2 Å². The number of hydrogen-bond acceptors (Lipinski definition) is 3. The number of sulfonamides is 1. The van der Waals surface area contributed by atoms with E-state index in [0.717, 1.165) is 12.1 Å². The summed E-state index contributed by atoms with van der Waals surface area (Å²) >= 11 is 2.92. The fourth-order valence-corrected chi connectivity index (χ4v) is 2.75. The molecule has 0 aromatic heterocycles. The number of aliphatic carboxylic acids is 1. The van der Waals surface area contributed by atoms with Crippen LogP contribution in [0.1, 0.15) is 12.0 Å². The Morgan fingerprint density at radius 1 is 1.35 bits per heavy atom. The van der Waals surface area contributed by atoms with Crippen LogP contribution in [-0.2, 0) is 21.0 Å². The lowest BCUT2D eigenvalue weighted by Gasteiger charge is -2.12. The molecule has 0 aliphatic heterocycles. The largest absolute Gasteiger partial charge is 0.481 e. The van der Waals surface area contributed by atoms with Crippen molar-refractivity contribution in [3.63, 3.8) is 0 Å². The van der Waals surface area contributed by atoms with Gasteiger partial charge in [-0.25, -0.2) is 8.42 Å². The number of anilines is 1. The highest BCUT2D eigenvalue weighted by atomic mass is 79.9. The molecule has 0 saturated heterocycles. The molecule has 0 spiro atoms. The third kappa shape index (κ3) is 5.00. The summed E-state index contributed by atoms with van der Waals surface area (Å²) in [6, 6.07) is 2.47. The standard InChI is InChI=1S/C10H9BrF3NO4S/c11-7-2-1-6(10(12,13)14)5-8(7)15-20(18,19)4-3-9(16)17/h1-2,5,15H,3-4H2,(H,16,17). The van der Waals surface area contributed by atoms with Crippen molar-refractivity contribution in [2.75, 3.05) is 10.5 Å². The highest BCUT2D eigenvalue weighted by Gasteiger charge is 2.31. The monoisotopic (exact) mass is 375 g/mol. The zero-order valence-corrected chi connectivity index (χ0v) is 12.1. The van der Waals surface area contributed by atoms with Crippen molar-refractivity contribution in [3.8, 4) is 0 Å². The van der Waals surface area contributed by atoms with Crippen molar-refractivity contribution in [1.82, 2.24) is 0 Å². The first kappa shape index (κ1) is 16.8. The molecular weight excluding hydrogens is 367 g/mol. The molecule has 0 heterocycles. The second kappa shape index (κ2) is 6.00. The minimum absolute atomic E-state index is 0.115. The molecule has 0 saturated carbocycles. The van der Waals surface area contributed by atoms with Crippen LogP contribution in [0.2, 0.25) is 0 Å². The number of carboxylic acids is 1. The van der Waals surface area contributed by atoms with E-state index in [-0.39, 0.29) is 10.2 Å². The first-order valence-corrected chi connectivity index (χ1v) is 7.55. The minimum Gasteiger partial charge on any atom is -0.481 e. The maximum Gasteiger partial charge on any atom is 0.416 e. The molecule has 20 heavy (non-hydrogen) atoms. The van der Waals surface area contributed by atoms with Gasteiger partial charge in [0.05, 0.1) is 23.4 Å². The number of carboxylic acid groups (broad SMARTS) is 1. The van der Waals surface area contributed by atoms with E-state index < -0.39 is 39.9 Å². The van der Waals surface area contributed by atoms with Gasteiger partial charge in [-0.3, -0.25) is 9.52 Å². The Labute approximate surface area is 121 Å². The molecule has 0 fully saturated rings. The van der Waals surface area contributed by atoms with Crippen LogP contribution in [0.3, 0.4) is 0 Å². The molecule has 5 nitrogen and oxygen atoms in total. The zero-order chi connectivity index (χ0) is 15.6. The molecule has 0 bridgehead atoms. The molecule has 0 aliphatic rings. The highest BCUT2D eigenvalue weighted by molar-refractivity contribution is 9.10. The highest BCUT2D eigenvalue weighted by Crippen LogP contribution is 2.34. The summed E-state index contributed by atoms with van der Waals surface area (Å²) in [5, 5.41) is 8.40. The second-order valence-corrected chi connectivity index (χ2v) is 6.45. The second-order valence-electron chi connectivity index (χ2n) is 3.76. The summed E-state index contributed by atoms with van der Waals surface area (Å²) in [6.45, 7) is 0. The average molecular weight is 376 g/mol. The average Bonchev–Trinajstić information content (AvgIpc) is 2.28. The quantitative estimate of drug-likeness (QED) is 0.828. The van der Waals surface area contributed by atoms with E-state index >= 15 is 0 Å². The first-order chi connectivity index (χ1) is 9.01. The fourth-order valence-electron chi connectivity index (χ4n) is 1.22. The molecule has 2 N–H and O–H groups in total. The Morgan fingerprint density at radius 3 is 2.45 bits per heavy atom. The smallest absolute Gasteiger partial charge is 0.416 e. The van der Waals surface area contributed by atoms with Crippen LogP contribution >= 0.6 is 15.9 Å². The number of hydrogen-bond donors (Lipinski definition) is 2. The van der Waals surface area contributed by atoms with E-state index in [1.165, 1.54) is 0 Å².